The highest BCUT2D eigenvalue weighted by Gasteiger charge is 2.44. The van der Waals surface area contributed by atoms with Gasteiger partial charge in [-0.3, -0.25) is 0 Å². The zero-order valence-electron chi connectivity index (χ0n) is 11.1. The number of aryl methyl sites for hydroxylation is 2. The molecule has 0 amide bonds. The Morgan fingerprint density at radius 3 is 2.89 bits per heavy atom. The molecule has 1 fully saturated rings. The van der Waals surface area contributed by atoms with Crippen LogP contribution in [-0.2, 0) is 23.1 Å². The lowest BCUT2D eigenvalue weighted by Crippen LogP contribution is -2.45. The van der Waals surface area contributed by atoms with Crippen molar-refractivity contribution in [1.82, 2.24) is 4.57 Å². The molecule has 0 saturated carbocycles. The first-order chi connectivity index (χ1) is 9.27. The number of hydrogen-bond donors (Lipinski definition) is 0. The van der Waals surface area contributed by atoms with Crippen molar-refractivity contribution >= 4 is 10.9 Å². The molecule has 0 radical (unpaired) electrons. The number of nitriles is 1. The minimum atomic E-state index is -0.420. The van der Waals surface area contributed by atoms with Crippen molar-refractivity contribution < 1.29 is 4.74 Å². The van der Waals surface area contributed by atoms with Crippen LogP contribution in [0, 0.1) is 18.3 Å². The molecular formula is C16H16N2O. The number of benzene rings is 1. The largest absolute Gasteiger partial charge is 0.377 e. The van der Waals surface area contributed by atoms with E-state index in [9.17, 15) is 5.26 Å². The maximum atomic E-state index is 9.60. The van der Waals surface area contributed by atoms with Crippen LogP contribution in [0.15, 0.2) is 18.2 Å². The van der Waals surface area contributed by atoms with E-state index in [2.05, 4.69) is 35.8 Å². The first-order valence-corrected chi connectivity index (χ1v) is 6.87. The third kappa shape index (κ3) is 1.25. The average molecular weight is 252 g/mol. The van der Waals surface area contributed by atoms with Gasteiger partial charge in [0.15, 0.2) is 0 Å². The summed E-state index contributed by atoms with van der Waals surface area (Å²) in [7, 11) is 0. The van der Waals surface area contributed by atoms with Crippen LogP contribution in [0.5, 0.6) is 0 Å². The van der Waals surface area contributed by atoms with Crippen molar-refractivity contribution in [3.05, 3.63) is 35.0 Å². The molecule has 1 aromatic carbocycles. The zero-order chi connectivity index (χ0) is 13.0. The highest BCUT2D eigenvalue weighted by atomic mass is 16.5. The molecule has 3 heterocycles. The van der Waals surface area contributed by atoms with E-state index in [1.165, 1.54) is 34.1 Å². The van der Waals surface area contributed by atoms with Gasteiger partial charge < -0.3 is 9.30 Å². The summed E-state index contributed by atoms with van der Waals surface area (Å²) in [5.74, 6) is 0. The van der Waals surface area contributed by atoms with Crippen molar-refractivity contribution in [2.24, 2.45) is 0 Å². The van der Waals surface area contributed by atoms with Crippen LogP contribution in [0.1, 0.15) is 23.2 Å². The van der Waals surface area contributed by atoms with Crippen LogP contribution in [0.3, 0.4) is 0 Å². The molecule has 3 heteroatoms. The Morgan fingerprint density at radius 1 is 1.37 bits per heavy atom. The van der Waals surface area contributed by atoms with Crippen LogP contribution in [0.25, 0.3) is 10.9 Å². The summed E-state index contributed by atoms with van der Waals surface area (Å²) in [4.78, 5) is 0. The van der Waals surface area contributed by atoms with E-state index >= 15 is 0 Å². The van der Waals surface area contributed by atoms with Crippen molar-refractivity contribution in [3.63, 3.8) is 0 Å². The van der Waals surface area contributed by atoms with E-state index in [0.717, 1.165) is 13.0 Å². The Balaban J connectivity index is 2.11. The fourth-order valence-electron chi connectivity index (χ4n) is 3.69. The number of rotatable bonds is 1. The molecule has 0 N–H and O–H groups in total. The topological polar surface area (TPSA) is 37.9 Å². The van der Waals surface area contributed by atoms with Gasteiger partial charge >= 0.3 is 0 Å². The third-order valence-corrected chi connectivity index (χ3v) is 4.64. The number of nitrogens with zero attached hydrogens (tertiary/aromatic N) is 2. The second kappa shape index (κ2) is 3.61. The van der Waals surface area contributed by atoms with Gasteiger partial charge in [-0.1, -0.05) is 18.2 Å². The standard InChI is InChI=1S/C16H16N2O/c1-11-14(16(8-17)9-19-10-16)13-6-2-4-12-5-3-7-18(11)15(12)13/h2,4,6H,3,5,7,9-10H2,1H3. The van der Waals surface area contributed by atoms with Gasteiger partial charge in [0, 0.05) is 23.2 Å². The van der Waals surface area contributed by atoms with E-state index in [0.29, 0.717) is 13.2 Å². The number of aromatic nitrogens is 1. The van der Waals surface area contributed by atoms with E-state index in [-0.39, 0.29) is 0 Å². The Kier molecular flexibility index (Phi) is 2.11. The Bertz CT molecular complexity index is 716. The van der Waals surface area contributed by atoms with Gasteiger partial charge in [0.25, 0.3) is 0 Å². The monoisotopic (exact) mass is 252 g/mol. The highest BCUT2D eigenvalue weighted by Crippen LogP contribution is 2.42. The van der Waals surface area contributed by atoms with Crippen molar-refractivity contribution in [2.45, 2.75) is 31.7 Å². The van der Waals surface area contributed by atoms with Gasteiger partial charge in [-0.2, -0.15) is 5.26 Å². The Hall–Kier alpha value is -1.79. The maximum absolute atomic E-state index is 9.60. The molecule has 0 unspecified atom stereocenters. The molecule has 2 aromatic rings. The van der Waals surface area contributed by atoms with Gasteiger partial charge in [0.1, 0.15) is 5.41 Å². The van der Waals surface area contributed by atoms with Gasteiger partial charge in [-0.25, -0.2) is 0 Å². The lowest BCUT2D eigenvalue weighted by molar-refractivity contribution is -0.0295. The predicted molar refractivity (Wildman–Crippen MR) is 73.1 cm³/mol. The molecule has 19 heavy (non-hydrogen) atoms. The van der Waals surface area contributed by atoms with Crippen molar-refractivity contribution in [3.8, 4) is 6.07 Å². The van der Waals surface area contributed by atoms with Gasteiger partial charge in [0.05, 0.1) is 24.8 Å². The van der Waals surface area contributed by atoms with Gasteiger partial charge in [-0.15, -0.1) is 0 Å². The minimum absolute atomic E-state index is 0.420. The second-order valence-electron chi connectivity index (χ2n) is 5.72. The summed E-state index contributed by atoms with van der Waals surface area (Å²) in [6.07, 6.45) is 2.34. The SMILES string of the molecule is Cc1c(C2(C#N)COC2)c2cccc3c2n1CCC3. The summed E-state index contributed by atoms with van der Waals surface area (Å²) in [6.45, 7) is 4.30. The molecule has 0 bridgehead atoms. The third-order valence-electron chi connectivity index (χ3n) is 4.64. The molecule has 96 valence electrons. The van der Waals surface area contributed by atoms with E-state index in [4.69, 9.17) is 4.74 Å². The minimum Gasteiger partial charge on any atom is -0.377 e. The van der Waals surface area contributed by atoms with E-state index < -0.39 is 5.41 Å². The van der Waals surface area contributed by atoms with Gasteiger partial charge in [0.2, 0.25) is 0 Å². The van der Waals surface area contributed by atoms with Gasteiger partial charge in [-0.05, 0) is 25.3 Å². The summed E-state index contributed by atoms with van der Waals surface area (Å²) < 4.78 is 7.75. The first kappa shape index (κ1) is 11.1. The molecule has 1 saturated heterocycles. The lowest BCUT2D eigenvalue weighted by Gasteiger charge is -2.35. The smallest absolute Gasteiger partial charge is 0.131 e. The fraction of sp³-hybridized carbons (Fsp3) is 0.438. The molecule has 3 nitrogen and oxygen atoms in total. The first-order valence-electron chi connectivity index (χ1n) is 6.87. The average Bonchev–Trinajstić information content (AvgIpc) is 2.67. The fourth-order valence-corrected chi connectivity index (χ4v) is 3.69. The molecule has 0 aliphatic carbocycles. The number of hydrogen-bond acceptors (Lipinski definition) is 2. The van der Waals surface area contributed by atoms with E-state index in [1.54, 1.807) is 0 Å². The van der Waals surface area contributed by atoms with E-state index in [1.807, 2.05) is 0 Å². The Labute approximate surface area is 112 Å². The van der Waals surface area contributed by atoms with Crippen molar-refractivity contribution in [1.29, 1.82) is 5.26 Å². The summed E-state index contributed by atoms with van der Waals surface area (Å²) in [5.41, 5.74) is 4.82. The van der Waals surface area contributed by atoms with Crippen LogP contribution >= 0.6 is 0 Å². The molecule has 1 aromatic heterocycles. The van der Waals surface area contributed by atoms with Crippen LogP contribution in [0.2, 0.25) is 0 Å². The maximum Gasteiger partial charge on any atom is 0.131 e. The molecule has 0 spiro atoms. The molecular weight excluding hydrogens is 236 g/mol. The number of para-hydroxylation sites is 1. The Morgan fingerprint density at radius 2 is 2.21 bits per heavy atom. The molecule has 0 atom stereocenters. The second-order valence-corrected chi connectivity index (χ2v) is 5.72. The van der Waals surface area contributed by atoms with Crippen LogP contribution < -0.4 is 0 Å². The summed E-state index contributed by atoms with van der Waals surface area (Å²) in [6, 6.07) is 9.02. The van der Waals surface area contributed by atoms with Crippen LogP contribution in [-0.4, -0.2) is 17.8 Å². The summed E-state index contributed by atoms with van der Waals surface area (Å²) >= 11 is 0. The highest BCUT2D eigenvalue weighted by molar-refractivity contribution is 5.90. The predicted octanol–water partition coefficient (Wildman–Crippen LogP) is 2.69. The zero-order valence-corrected chi connectivity index (χ0v) is 11.1. The summed E-state index contributed by atoms with van der Waals surface area (Å²) in [5, 5.41) is 10.9. The lowest BCUT2D eigenvalue weighted by atomic mass is 9.78. The van der Waals surface area contributed by atoms with Crippen LogP contribution in [0.4, 0.5) is 0 Å². The number of ether oxygens (including phenoxy) is 1. The quantitative estimate of drug-likeness (QED) is 0.782. The van der Waals surface area contributed by atoms with Crippen molar-refractivity contribution in [2.75, 3.05) is 13.2 Å². The molecule has 4 rings (SSSR count). The molecule has 2 aliphatic heterocycles. The normalized spacial score (nSPS) is 20.0. The molecule has 2 aliphatic rings.